The van der Waals surface area contributed by atoms with Crippen LogP contribution in [-0.4, -0.2) is 30.3 Å². The first kappa shape index (κ1) is 18.0. The van der Waals surface area contributed by atoms with Crippen LogP contribution in [0.4, 0.5) is 5.13 Å². The summed E-state index contributed by atoms with van der Waals surface area (Å²) in [4.78, 5) is 29.9. The van der Waals surface area contributed by atoms with E-state index in [0.29, 0.717) is 32.8 Å². The van der Waals surface area contributed by atoms with E-state index in [9.17, 15) is 9.59 Å². The Hall–Kier alpha value is -3.39. The Labute approximate surface area is 164 Å². The fraction of sp³-hybridized carbons (Fsp3) is 0.150. The summed E-state index contributed by atoms with van der Waals surface area (Å²) >= 11 is 1.07. The highest BCUT2D eigenvalue weighted by Gasteiger charge is 2.25. The number of nitrogens with zero attached hydrogens (tertiary/aromatic N) is 1. The van der Waals surface area contributed by atoms with Gasteiger partial charge in [0.15, 0.2) is 16.6 Å². The van der Waals surface area contributed by atoms with E-state index >= 15 is 0 Å². The van der Waals surface area contributed by atoms with Gasteiger partial charge in [-0.1, -0.05) is 47.7 Å². The van der Waals surface area contributed by atoms with Gasteiger partial charge in [0.05, 0.1) is 17.9 Å². The number of para-hydroxylation sites is 1. The lowest BCUT2D eigenvalue weighted by molar-refractivity contribution is 0.0532. The molecule has 0 aliphatic carbocycles. The summed E-state index contributed by atoms with van der Waals surface area (Å²) in [5, 5.41) is 3.04. The number of rotatable bonds is 5. The number of nitrogens with one attached hydrogen (secondary N) is 1. The van der Waals surface area contributed by atoms with Gasteiger partial charge in [0, 0.05) is 5.56 Å². The highest BCUT2D eigenvalue weighted by molar-refractivity contribution is 7.18. The van der Waals surface area contributed by atoms with Gasteiger partial charge in [-0.25, -0.2) is 9.78 Å². The zero-order chi connectivity index (χ0) is 19.5. The maximum absolute atomic E-state index is 12.7. The molecule has 8 heteroatoms. The second-order valence-corrected chi connectivity index (χ2v) is 6.78. The predicted octanol–water partition coefficient (Wildman–Crippen LogP) is 3.97. The standard InChI is InChI=1S/C20H16N2O5S/c1-2-25-19(24)17-15(12-7-4-3-5-8-12)21-20(28-17)22-18(23)13-9-6-10-14-16(13)27-11-26-14/h3-10H,2,11H2,1H3,(H,21,22,23). The summed E-state index contributed by atoms with van der Waals surface area (Å²) in [6.45, 7) is 2.06. The molecule has 0 bridgehead atoms. The molecular weight excluding hydrogens is 380 g/mol. The van der Waals surface area contributed by atoms with Gasteiger partial charge in [-0.05, 0) is 19.1 Å². The molecule has 1 amide bonds. The number of fused-ring (bicyclic) bond motifs is 1. The van der Waals surface area contributed by atoms with Gasteiger partial charge in [-0.3, -0.25) is 10.1 Å². The summed E-state index contributed by atoms with van der Waals surface area (Å²) in [7, 11) is 0. The van der Waals surface area contributed by atoms with Gasteiger partial charge >= 0.3 is 5.97 Å². The number of benzene rings is 2. The minimum absolute atomic E-state index is 0.0715. The molecule has 28 heavy (non-hydrogen) atoms. The Morgan fingerprint density at radius 1 is 1.14 bits per heavy atom. The summed E-state index contributed by atoms with van der Waals surface area (Å²) in [5.74, 6) is 0.0391. The van der Waals surface area contributed by atoms with Crippen LogP contribution in [0, 0.1) is 0 Å². The lowest BCUT2D eigenvalue weighted by Crippen LogP contribution is -2.12. The number of hydrogen-bond donors (Lipinski definition) is 1. The van der Waals surface area contributed by atoms with Crippen LogP contribution in [0.15, 0.2) is 48.5 Å². The van der Waals surface area contributed by atoms with E-state index in [0.717, 1.165) is 16.9 Å². The van der Waals surface area contributed by atoms with Gasteiger partial charge in [0.2, 0.25) is 6.79 Å². The van der Waals surface area contributed by atoms with Gasteiger partial charge in [-0.15, -0.1) is 0 Å². The summed E-state index contributed by atoms with van der Waals surface area (Å²) in [5.41, 5.74) is 1.57. The zero-order valence-electron chi connectivity index (χ0n) is 14.9. The Bertz CT molecular complexity index is 1030. The third-order valence-corrected chi connectivity index (χ3v) is 4.95. The molecule has 1 aliphatic heterocycles. The van der Waals surface area contributed by atoms with Crippen molar-refractivity contribution in [3.63, 3.8) is 0 Å². The van der Waals surface area contributed by atoms with E-state index in [4.69, 9.17) is 14.2 Å². The van der Waals surface area contributed by atoms with Crippen molar-refractivity contribution in [2.75, 3.05) is 18.7 Å². The van der Waals surface area contributed by atoms with Crippen LogP contribution in [0.2, 0.25) is 0 Å². The van der Waals surface area contributed by atoms with E-state index in [1.165, 1.54) is 0 Å². The average molecular weight is 396 g/mol. The van der Waals surface area contributed by atoms with E-state index in [-0.39, 0.29) is 13.4 Å². The average Bonchev–Trinajstić information content (AvgIpc) is 3.35. The SMILES string of the molecule is CCOC(=O)c1sc(NC(=O)c2cccc3c2OCO3)nc1-c1ccccc1. The van der Waals surface area contributed by atoms with Gasteiger partial charge in [0.25, 0.3) is 5.91 Å². The molecule has 1 N–H and O–H groups in total. The number of carbonyl (C=O) groups excluding carboxylic acids is 2. The van der Waals surface area contributed by atoms with Crippen molar-refractivity contribution >= 4 is 28.3 Å². The van der Waals surface area contributed by atoms with Crippen molar-refractivity contribution in [2.45, 2.75) is 6.92 Å². The van der Waals surface area contributed by atoms with Crippen molar-refractivity contribution in [1.29, 1.82) is 0 Å². The maximum atomic E-state index is 12.7. The number of hydrogen-bond acceptors (Lipinski definition) is 7. The Balaban J connectivity index is 1.66. The lowest BCUT2D eigenvalue weighted by atomic mass is 10.1. The highest BCUT2D eigenvalue weighted by atomic mass is 32.1. The van der Waals surface area contributed by atoms with Gasteiger partial charge < -0.3 is 14.2 Å². The molecule has 142 valence electrons. The van der Waals surface area contributed by atoms with E-state index in [1.54, 1.807) is 25.1 Å². The smallest absolute Gasteiger partial charge is 0.350 e. The Morgan fingerprint density at radius 2 is 1.96 bits per heavy atom. The molecule has 7 nitrogen and oxygen atoms in total. The molecule has 0 unspecified atom stereocenters. The first-order valence-electron chi connectivity index (χ1n) is 8.60. The van der Waals surface area contributed by atoms with Crippen molar-refractivity contribution in [3.8, 4) is 22.8 Å². The summed E-state index contributed by atoms with van der Waals surface area (Å²) in [6, 6.07) is 14.4. The predicted molar refractivity (Wildman–Crippen MR) is 104 cm³/mol. The van der Waals surface area contributed by atoms with Crippen molar-refractivity contribution < 1.29 is 23.8 Å². The monoisotopic (exact) mass is 396 g/mol. The molecule has 0 atom stereocenters. The number of esters is 1. The molecule has 2 heterocycles. The highest BCUT2D eigenvalue weighted by Crippen LogP contribution is 2.36. The molecular formula is C20H16N2O5S. The number of anilines is 1. The quantitative estimate of drug-likeness (QED) is 0.657. The van der Waals surface area contributed by atoms with Crippen molar-refractivity contribution in [3.05, 3.63) is 59.0 Å². The van der Waals surface area contributed by atoms with E-state index < -0.39 is 11.9 Å². The Morgan fingerprint density at radius 3 is 2.75 bits per heavy atom. The fourth-order valence-electron chi connectivity index (χ4n) is 2.77. The van der Waals surface area contributed by atoms with Gasteiger partial charge in [0.1, 0.15) is 4.88 Å². The minimum Gasteiger partial charge on any atom is -0.462 e. The molecule has 1 aromatic heterocycles. The van der Waals surface area contributed by atoms with Crippen LogP contribution in [0.5, 0.6) is 11.5 Å². The first-order chi connectivity index (χ1) is 13.7. The van der Waals surface area contributed by atoms with Crippen molar-refractivity contribution in [1.82, 2.24) is 4.98 Å². The third-order valence-electron chi connectivity index (χ3n) is 4.00. The van der Waals surface area contributed by atoms with Crippen molar-refractivity contribution in [2.24, 2.45) is 0 Å². The second-order valence-electron chi connectivity index (χ2n) is 5.78. The van der Waals surface area contributed by atoms with E-state index in [1.807, 2.05) is 30.3 Å². The second kappa shape index (κ2) is 7.69. The molecule has 3 aromatic rings. The van der Waals surface area contributed by atoms with Crippen LogP contribution in [0.1, 0.15) is 27.0 Å². The molecule has 1 aliphatic rings. The van der Waals surface area contributed by atoms with Crippen LogP contribution in [-0.2, 0) is 4.74 Å². The lowest BCUT2D eigenvalue weighted by Gasteiger charge is -2.05. The first-order valence-corrected chi connectivity index (χ1v) is 9.42. The topological polar surface area (TPSA) is 86.8 Å². The number of ether oxygens (including phenoxy) is 3. The van der Waals surface area contributed by atoms with Crippen LogP contribution in [0.3, 0.4) is 0 Å². The normalized spacial score (nSPS) is 11.9. The van der Waals surface area contributed by atoms with E-state index in [2.05, 4.69) is 10.3 Å². The molecule has 4 rings (SSSR count). The molecule has 0 radical (unpaired) electrons. The van der Waals surface area contributed by atoms with Crippen LogP contribution < -0.4 is 14.8 Å². The minimum atomic E-state index is -0.475. The molecule has 0 fully saturated rings. The fourth-order valence-corrected chi connectivity index (χ4v) is 3.65. The van der Waals surface area contributed by atoms with Crippen LogP contribution in [0.25, 0.3) is 11.3 Å². The zero-order valence-corrected chi connectivity index (χ0v) is 15.7. The maximum Gasteiger partial charge on any atom is 0.350 e. The number of aromatic nitrogens is 1. The molecule has 0 saturated heterocycles. The molecule has 0 saturated carbocycles. The van der Waals surface area contributed by atoms with Gasteiger partial charge in [-0.2, -0.15) is 0 Å². The number of thiazole rings is 1. The number of carbonyl (C=O) groups is 2. The largest absolute Gasteiger partial charge is 0.462 e. The molecule has 2 aromatic carbocycles. The molecule has 0 spiro atoms. The van der Waals surface area contributed by atoms with Crippen LogP contribution >= 0.6 is 11.3 Å². The summed E-state index contributed by atoms with van der Waals surface area (Å²) < 4.78 is 15.8. The number of amides is 1. The Kier molecular flexibility index (Phi) is 4.94. The third kappa shape index (κ3) is 3.41. The summed E-state index contributed by atoms with van der Waals surface area (Å²) in [6.07, 6.45) is 0.